The standard InChI is InChI=1S/C31H42BN3O5/c1-18(2)14-26(32-39-25-16-22-15-24(30(22,4)5)31(25,6)40-32)34-29(38)27(19(3)36)35-28(37)23-13-12-21(17-33-23)20-10-8-7-9-11-20/h7-13,17-19,22,24-27,36H,14-16H2,1-6H3,(H,34,38)(H,35,37)/t19-,22-,24-,25-,26+,27+,31+/m1/s1. The summed E-state index contributed by atoms with van der Waals surface area (Å²) in [5, 5.41) is 16.2. The molecule has 1 aromatic carbocycles. The van der Waals surface area contributed by atoms with Gasteiger partial charge in [-0.25, -0.2) is 0 Å². The summed E-state index contributed by atoms with van der Waals surface area (Å²) in [5.41, 5.74) is 1.86. The van der Waals surface area contributed by atoms with Gasteiger partial charge < -0.3 is 25.0 Å². The van der Waals surface area contributed by atoms with Crippen molar-refractivity contribution in [2.24, 2.45) is 23.2 Å². The first kappa shape index (κ1) is 28.8. The summed E-state index contributed by atoms with van der Waals surface area (Å²) in [6.07, 6.45) is 3.25. The molecule has 8 nitrogen and oxygen atoms in total. The Kier molecular flexibility index (Phi) is 7.85. The Labute approximate surface area is 237 Å². The molecule has 2 heterocycles. The molecule has 7 atom stereocenters. The van der Waals surface area contributed by atoms with Gasteiger partial charge in [0, 0.05) is 11.8 Å². The fourth-order valence-corrected chi connectivity index (χ4v) is 7.04. The van der Waals surface area contributed by atoms with Crippen LogP contribution in [0.15, 0.2) is 48.7 Å². The van der Waals surface area contributed by atoms with Crippen molar-refractivity contribution in [1.29, 1.82) is 0 Å². The number of rotatable bonds is 9. The number of pyridine rings is 1. The van der Waals surface area contributed by atoms with Crippen molar-refractivity contribution in [1.82, 2.24) is 15.6 Å². The molecule has 4 aliphatic rings. The normalized spacial score (nSPS) is 28.7. The van der Waals surface area contributed by atoms with Gasteiger partial charge in [0.25, 0.3) is 5.91 Å². The minimum absolute atomic E-state index is 0.00182. The van der Waals surface area contributed by atoms with Crippen LogP contribution in [0.2, 0.25) is 0 Å². The molecule has 2 bridgehead atoms. The molecule has 2 amide bonds. The molecule has 3 saturated carbocycles. The maximum Gasteiger partial charge on any atom is 0.481 e. The van der Waals surface area contributed by atoms with E-state index in [1.807, 2.05) is 36.4 Å². The van der Waals surface area contributed by atoms with Crippen LogP contribution < -0.4 is 10.6 Å². The molecule has 2 aromatic rings. The molecule has 1 aromatic heterocycles. The minimum Gasteiger partial charge on any atom is -0.404 e. The van der Waals surface area contributed by atoms with E-state index in [-0.39, 0.29) is 23.1 Å². The van der Waals surface area contributed by atoms with Crippen molar-refractivity contribution in [3.05, 3.63) is 54.4 Å². The predicted octanol–water partition coefficient (Wildman–Crippen LogP) is 4.03. The number of amides is 2. The van der Waals surface area contributed by atoms with E-state index in [1.54, 1.807) is 12.3 Å². The monoisotopic (exact) mass is 547 g/mol. The number of nitrogens with one attached hydrogen (secondary N) is 2. The largest absolute Gasteiger partial charge is 0.481 e. The molecular weight excluding hydrogens is 505 g/mol. The Morgan fingerprint density at radius 2 is 1.77 bits per heavy atom. The fourth-order valence-electron chi connectivity index (χ4n) is 7.04. The summed E-state index contributed by atoms with van der Waals surface area (Å²) in [4.78, 5) is 30.8. The Morgan fingerprint density at radius 1 is 1.05 bits per heavy atom. The second-order valence-corrected chi connectivity index (χ2v) is 13.1. The quantitative estimate of drug-likeness (QED) is 0.409. The highest BCUT2D eigenvalue weighted by atomic mass is 16.7. The van der Waals surface area contributed by atoms with Gasteiger partial charge in [0.05, 0.1) is 23.8 Å². The average molecular weight is 548 g/mol. The SMILES string of the molecule is CC(C)C[C@H](NC(=O)[C@@H](NC(=O)c1ccc(-c2ccccc2)cn1)[C@@H](C)O)B1O[C@@H]2C[C@H]3C[C@H](C3(C)C)[C@]2(C)O1. The van der Waals surface area contributed by atoms with Crippen molar-refractivity contribution in [3.8, 4) is 11.1 Å². The number of aromatic nitrogens is 1. The number of hydrogen-bond acceptors (Lipinski definition) is 6. The van der Waals surface area contributed by atoms with Gasteiger partial charge in [-0.1, -0.05) is 64.1 Å². The van der Waals surface area contributed by atoms with Gasteiger partial charge in [0.15, 0.2) is 0 Å². The van der Waals surface area contributed by atoms with Crippen molar-refractivity contribution in [2.75, 3.05) is 0 Å². The molecule has 0 spiro atoms. The van der Waals surface area contributed by atoms with E-state index in [0.29, 0.717) is 18.3 Å². The van der Waals surface area contributed by atoms with Crippen LogP contribution in [0.4, 0.5) is 0 Å². The minimum atomic E-state index is -1.16. The van der Waals surface area contributed by atoms with Gasteiger partial charge >= 0.3 is 7.12 Å². The van der Waals surface area contributed by atoms with Gasteiger partial charge in [-0.3, -0.25) is 14.6 Å². The van der Waals surface area contributed by atoms with Crippen LogP contribution in [0.25, 0.3) is 11.1 Å². The lowest BCUT2D eigenvalue weighted by Crippen LogP contribution is -2.65. The average Bonchev–Trinajstić information content (AvgIpc) is 3.28. The molecule has 3 N–H and O–H groups in total. The van der Waals surface area contributed by atoms with Crippen LogP contribution in [0.1, 0.15) is 71.3 Å². The smallest absolute Gasteiger partial charge is 0.404 e. The molecular formula is C31H42BN3O5. The second-order valence-electron chi connectivity index (χ2n) is 13.1. The number of nitrogens with zero attached hydrogens (tertiary/aromatic N) is 1. The maximum absolute atomic E-state index is 13.5. The fraction of sp³-hybridized carbons (Fsp3) is 0.581. The van der Waals surface area contributed by atoms with Gasteiger partial charge in [-0.2, -0.15) is 0 Å². The molecule has 0 radical (unpaired) electrons. The van der Waals surface area contributed by atoms with Gasteiger partial charge in [0.1, 0.15) is 11.7 Å². The first-order chi connectivity index (χ1) is 18.9. The van der Waals surface area contributed by atoms with Crippen molar-refractivity contribution >= 4 is 18.9 Å². The number of aliphatic hydroxyl groups is 1. The number of benzene rings is 1. The highest BCUT2D eigenvalue weighted by Gasteiger charge is 2.68. The van der Waals surface area contributed by atoms with E-state index in [0.717, 1.165) is 24.0 Å². The highest BCUT2D eigenvalue weighted by molar-refractivity contribution is 6.48. The first-order valence-electron chi connectivity index (χ1n) is 14.5. The zero-order chi connectivity index (χ0) is 28.8. The summed E-state index contributed by atoms with van der Waals surface area (Å²) < 4.78 is 13.1. The number of aliphatic hydroxyl groups excluding tert-OH is 1. The van der Waals surface area contributed by atoms with E-state index in [4.69, 9.17) is 9.31 Å². The Morgan fingerprint density at radius 3 is 2.38 bits per heavy atom. The van der Waals surface area contributed by atoms with Crippen molar-refractivity contribution in [3.63, 3.8) is 0 Å². The molecule has 9 heteroatoms. The zero-order valence-corrected chi connectivity index (χ0v) is 24.4. The van der Waals surface area contributed by atoms with Crippen molar-refractivity contribution < 1.29 is 24.0 Å². The van der Waals surface area contributed by atoms with Gasteiger partial charge in [0.2, 0.25) is 5.91 Å². The molecule has 4 fully saturated rings. The van der Waals surface area contributed by atoms with Crippen LogP contribution in [0.3, 0.4) is 0 Å². The lowest BCUT2D eigenvalue weighted by Gasteiger charge is -2.64. The van der Waals surface area contributed by atoms with E-state index >= 15 is 0 Å². The third-order valence-electron chi connectivity index (χ3n) is 9.51. The zero-order valence-electron chi connectivity index (χ0n) is 24.4. The van der Waals surface area contributed by atoms with E-state index < -0.39 is 42.6 Å². The molecule has 3 aliphatic carbocycles. The summed E-state index contributed by atoms with van der Waals surface area (Å²) in [6.45, 7) is 12.4. The molecule has 1 aliphatic heterocycles. The summed E-state index contributed by atoms with van der Waals surface area (Å²) in [6, 6.07) is 12.0. The van der Waals surface area contributed by atoms with E-state index in [9.17, 15) is 14.7 Å². The van der Waals surface area contributed by atoms with E-state index in [1.165, 1.54) is 6.92 Å². The topological polar surface area (TPSA) is 110 Å². The Hall–Kier alpha value is -2.75. The third kappa shape index (κ3) is 5.31. The number of carbonyl (C=O) groups is 2. The molecule has 0 unspecified atom stereocenters. The van der Waals surface area contributed by atoms with E-state index in [2.05, 4.69) is 50.2 Å². The highest BCUT2D eigenvalue weighted by Crippen LogP contribution is 2.65. The maximum atomic E-state index is 13.5. The second kappa shape index (κ2) is 10.9. The lowest BCUT2D eigenvalue weighted by molar-refractivity contribution is -0.199. The lowest BCUT2D eigenvalue weighted by atomic mass is 9.43. The molecule has 214 valence electrons. The Balaban J connectivity index is 1.27. The van der Waals surface area contributed by atoms with Crippen LogP contribution >= 0.6 is 0 Å². The van der Waals surface area contributed by atoms with Crippen LogP contribution in [-0.2, 0) is 14.1 Å². The first-order valence-corrected chi connectivity index (χ1v) is 14.5. The summed E-state index contributed by atoms with van der Waals surface area (Å²) >= 11 is 0. The Bertz CT molecular complexity index is 1220. The van der Waals surface area contributed by atoms with Crippen molar-refractivity contribution in [2.45, 2.75) is 90.6 Å². The number of carbonyl (C=O) groups excluding carboxylic acids is 2. The van der Waals surface area contributed by atoms with Crippen LogP contribution in [0.5, 0.6) is 0 Å². The number of hydrogen-bond donors (Lipinski definition) is 3. The van der Waals surface area contributed by atoms with Crippen LogP contribution in [-0.4, -0.2) is 58.8 Å². The molecule has 40 heavy (non-hydrogen) atoms. The predicted molar refractivity (Wildman–Crippen MR) is 154 cm³/mol. The molecule has 1 saturated heterocycles. The van der Waals surface area contributed by atoms with Gasteiger partial charge in [-0.15, -0.1) is 0 Å². The summed E-state index contributed by atoms with van der Waals surface area (Å²) in [7, 11) is -0.589. The van der Waals surface area contributed by atoms with Crippen LogP contribution in [0, 0.1) is 23.2 Å². The van der Waals surface area contributed by atoms with Gasteiger partial charge in [-0.05, 0) is 67.9 Å². The summed E-state index contributed by atoms with van der Waals surface area (Å²) in [5.74, 6) is -0.126. The molecule has 6 rings (SSSR count). The third-order valence-corrected chi connectivity index (χ3v) is 9.51.